The van der Waals surface area contributed by atoms with Crippen LogP contribution in [-0.4, -0.2) is 16.0 Å². The van der Waals surface area contributed by atoms with Crippen molar-refractivity contribution in [2.45, 2.75) is 34.2 Å². The van der Waals surface area contributed by atoms with Crippen LogP contribution in [0.1, 0.15) is 33.6 Å². The Morgan fingerprint density at radius 1 is 1.48 bits per heavy atom. The minimum absolute atomic E-state index is 0.0112. The second-order valence-electron chi connectivity index (χ2n) is 6.78. The highest BCUT2D eigenvalue weighted by Crippen LogP contribution is 2.59. The Morgan fingerprint density at radius 2 is 2.26 bits per heavy atom. The predicted molar refractivity (Wildman–Crippen MR) is 89.6 cm³/mol. The maximum Gasteiger partial charge on any atom is 0.246 e. The molecule has 2 aromatic heterocycles. The van der Waals surface area contributed by atoms with Crippen molar-refractivity contribution in [2.24, 2.45) is 17.3 Å². The first-order chi connectivity index (χ1) is 10.9. The molecule has 0 radical (unpaired) electrons. The Kier molecular flexibility index (Phi) is 4.10. The van der Waals surface area contributed by atoms with E-state index in [1.165, 1.54) is 5.57 Å². The van der Waals surface area contributed by atoms with Crippen LogP contribution in [0.2, 0.25) is 0 Å². The second kappa shape index (κ2) is 5.92. The van der Waals surface area contributed by atoms with Crippen LogP contribution in [-0.2, 0) is 11.3 Å². The zero-order valence-electron chi connectivity index (χ0n) is 13.8. The highest BCUT2D eigenvalue weighted by Gasteiger charge is 2.60. The molecule has 2 atom stereocenters. The smallest absolute Gasteiger partial charge is 0.246 e. The summed E-state index contributed by atoms with van der Waals surface area (Å²) < 4.78 is 5.20. The number of nitrogens with zero attached hydrogens (tertiary/aromatic N) is 2. The zero-order chi connectivity index (χ0) is 16.6. The van der Waals surface area contributed by atoms with E-state index in [4.69, 9.17) is 4.52 Å². The average Bonchev–Trinajstić information content (AvgIpc) is 2.96. The van der Waals surface area contributed by atoms with Crippen LogP contribution in [0.5, 0.6) is 0 Å². The molecule has 0 unspecified atom stereocenters. The third-order valence-electron chi connectivity index (χ3n) is 4.33. The lowest BCUT2D eigenvalue weighted by molar-refractivity contribution is -0.123. The van der Waals surface area contributed by atoms with Crippen molar-refractivity contribution >= 4 is 17.2 Å². The highest BCUT2D eigenvalue weighted by atomic mass is 32.1. The molecule has 6 heteroatoms. The second-order valence-corrected chi connectivity index (χ2v) is 7.72. The summed E-state index contributed by atoms with van der Waals surface area (Å²) in [5, 5.41) is 8.82. The number of carbonyl (C=O) groups excluding carboxylic acids is 1. The first-order valence-electron chi connectivity index (χ1n) is 7.69. The summed E-state index contributed by atoms with van der Waals surface area (Å²) in [5.41, 5.74) is 1.26. The van der Waals surface area contributed by atoms with Crippen LogP contribution < -0.4 is 5.32 Å². The van der Waals surface area contributed by atoms with E-state index >= 15 is 0 Å². The van der Waals surface area contributed by atoms with Gasteiger partial charge in [0.2, 0.25) is 17.6 Å². The Hall–Kier alpha value is -1.95. The van der Waals surface area contributed by atoms with E-state index in [-0.39, 0.29) is 23.8 Å². The van der Waals surface area contributed by atoms with Gasteiger partial charge in [-0.05, 0) is 36.6 Å². The molecule has 23 heavy (non-hydrogen) atoms. The highest BCUT2D eigenvalue weighted by molar-refractivity contribution is 7.13. The fourth-order valence-electron chi connectivity index (χ4n) is 2.95. The Morgan fingerprint density at radius 3 is 2.91 bits per heavy atom. The van der Waals surface area contributed by atoms with Crippen LogP contribution in [0.25, 0.3) is 10.7 Å². The first-order valence-corrected chi connectivity index (χ1v) is 8.56. The van der Waals surface area contributed by atoms with Crippen molar-refractivity contribution < 1.29 is 9.32 Å². The lowest BCUT2D eigenvalue weighted by Gasteiger charge is -2.03. The molecule has 1 aliphatic carbocycles. The molecule has 0 saturated heterocycles. The number of rotatable bonds is 5. The van der Waals surface area contributed by atoms with Crippen LogP contribution in [0, 0.1) is 17.3 Å². The van der Waals surface area contributed by atoms with Crippen LogP contribution in [0.4, 0.5) is 0 Å². The van der Waals surface area contributed by atoms with Crippen LogP contribution >= 0.6 is 11.3 Å². The van der Waals surface area contributed by atoms with E-state index in [0.29, 0.717) is 17.6 Å². The molecule has 1 saturated carbocycles. The van der Waals surface area contributed by atoms with Crippen molar-refractivity contribution in [3.63, 3.8) is 0 Å². The minimum Gasteiger partial charge on any atom is -0.347 e. The SMILES string of the molecule is CC(C)=C[C@H]1[C@@H](C(=O)NCc2nc(-c3cccs3)no2)C1(C)C. The van der Waals surface area contributed by atoms with Gasteiger partial charge in [-0.1, -0.05) is 36.7 Å². The number of hydrogen-bond donors (Lipinski definition) is 1. The van der Waals surface area contributed by atoms with E-state index in [2.05, 4.69) is 49.2 Å². The number of thiophene rings is 1. The standard InChI is InChI=1S/C17H21N3O2S/c1-10(2)8-11-14(17(11,3)4)16(21)18-9-13-19-15(20-22-13)12-6-5-7-23-12/h5-8,11,14H,9H2,1-4H3,(H,18,21)/t11-,14-/m0/s1. The largest absolute Gasteiger partial charge is 0.347 e. The van der Waals surface area contributed by atoms with Gasteiger partial charge in [0.25, 0.3) is 0 Å². The van der Waals surface area contributed by atoms with Crippen LogP contribution in [0.15, 0.2) is 33.7 Å². The lowest BCUT2D eigenvalue weighted by Crippen LogP contribution is -2.26. The summed E-state index contributed by atoms with van der Waals surface area (Å²) in [6, 6.07) is 3.88. The number of allylic oxidation sites excluding steroid dienone is 2. The molecule has 0 bridgehead atoms. The fourth-order valence-corrected chi connectivity index (χ4v) is 3.60. The van der Waals surface area contributed by atoms with Gasteiger partial charge in [-0.15, -0.1) is 11.3 Å². The molecule has 122 valence electrons. The summed E-state index contributed by atoms with van der Waals surface area (Å²) in [4.78, 5) is 17.7. The third-order valence-corrected chi connectivity index (χ3v) is 5.20. The van der Waals surface area contributed by atoms with Crippen molar-refractivity contribution in [3.05, 3.63) is 35.1 Å². The number of hydrogen-bond acceptors (Lipinski definition) is 5. The molecule has 1 aliphatic rings. The molecular formula is C17H21N3O2S. The van der Waals surface area contributed by atoms with Gasteiger partial charge >= 0.3 is 0 Å². The Bertz CT molecular complexity index is 727. The molecule has 0 aliphatic heterocycles. The quantitative estimate of drug-likeness (QED) is 0.849. The fraction of sp³-hybridized carbons (Fsp3) is 0.471. The van der Waals surface area contributed by atoms with Gasteiger partial charge in [0, 0.05) is 0 Å². The van der Waals surface area contributed by atoms with Crippen LogP contribution in [0.3, 0.4) is 0 Å². The third kappa shape index (κ3) is 3.22. The average molecular weight is 331 g/mol. The number of amides is 1. The Labute approximate surface area is 139 Å². The van der Waals surface area contributed by atoms with Gasteiger partial charge in [0.1, 0.15) is 0 Å². The summed E-state index contributed by atoms with van der Waals surface area (Å²) in [7, 11) is 0. The number of nitrogens with one attached hydrogen (secondary N) is 1. The van der Waals surface area contributed by atoms with Gasteiger partial charge in [0.05, 0.1) is 17.3 Å². The molecule has 1 N–H and O–H groups in total. The first kappa shape index (κ1) is 15.9. The molecular weight excluding hydrogens is 310 g/mol. The lowest BCUT2D eigenvalue weighted by atomic mass is 10.1. The molecule has 2 heterocycles. The molecule has 1 amide bonds. The summed E-state index contributed by atoms with van der Waals surface area (Å²) >= 11 is 1.56. The summed E-state index contributed by atoms with van der Waals surface area (Å²) in [6.07, 6.45) is 2.19. The zero-order valence-corrected chi connectivity index (χ0v) is 14.6. The maximum absolute atomic E-state index is 12.4. The van der Waals surface area contributed by atoms with E-state index in [0.717, 1.165) is 4.88 Å². The van der Waals surface area contributed by atoms with Gasteiger partial charge in [0.15, 0.2) is 0 Å². The minimum atomic E-state index is 0.0112. The molecule has 3 rings (SSSR count). The molecule has 0 aromatic carbocycles. The maximum atomic E-state index is 12.4. The number of carbonyl (C=O) groups is 1. The van der Waals surface area contributed by atoms with Gasteiger partial charge in [-0.3, -0.25) is 4.79 Å². The van der Waals surface area contributed by atoms with E-state index in [1.807, 2.05) is 17.5 Å². The van der Waals surface area contributed by atoms with Gasteiger partial charge in [-0.25, -0.2) is 0 Å². The number of aromatic nitrogens is 2. The van der Waals surface area contributed by atoms with E-state index < -0.39 is 0 Å². The van der Waals surface area contributed by atoms with E-state index in [1.54, 1.807) is 11.3 Å². The molecule has 2 aromatic rings. The topological polar surface area (TPSA) is 68.0 Å². The van der Waals surface area contributed by atoms with Gasteiger partial charge < -0.3 is 9.84 Å². The monoisotopic (exact) mass is 331 g/mol. The predicted octanol–water partition coefficient (Wildman–Crippen LogP) is 3.65. The molecule has 0 spiro atoms. The summed E-state index contributed by atoms with van der Waals surface area (Å²) in [6.45, 7) is 8.65. The van der Waals surface area contributed by atoms with Crippen molar-refractivity contribution in [1.82, 2.24) is 15.5 Å². The van der Waals surface area contributed by atoms with Crippen molar-refractivity contribution in [2.75, 3.05) is 0 Å². The molecule has 1 fully saturated rings. The molecule has 5 nitrogen and oxygen atoms in total. The van der Waals surface area contributed by atoms with Crippen molar-refractivity contribution in [3.8, 4) is 10.7 Å². The Balaban J connectivity index is 1.59. The van der Waals surface area contributed by atoms with Gasteiger partial charge in [-0.2, -0.15) is 4.98 Å². The van der Waals surface area contributed by atoms with E-state index in [9.17, 15) is 4.79 Å². The normalized spacial score (nSPS) is 21.7. The van der Waals surface area contributed by atoms with Crippen molar-refractivity contribution in [1.29, 1.82) is 0 Å². The summed E-state index contributed by atoms with van der Waals surface area (Å²) in [5.74, 6) is 1.36.